The van der Waals surface area contributed by atoms with Gasteiger partial charge in [0, 0.05) is 38.0 Å². The standard InChI is InChI=1S/C14H27N3O4S/c1-4-22(20,21)17-9-5-12(6-10-17)14(19)16-8-7-15-13(18)11(2)3/h11-12H,4-10H2,1-3H3,(H,15,18)(H,16,19). The molecule has 1 fully saturated rings. The molecule has 0 spiro atoms. The van der Waals surface area contributed by atoms with Crippen LogP contribution >= 0.6 is 0 Å². The average molecular weight is 333 g/mol. The molecule has 1 aliphatic rings. The number of nitrogens with one attached hydrogen (secondary N) is 2. The van der Waals surface area contributed by atoms with E-state index >= 15 is 0 Å². The molecule has 1 heterocycles. The fraction of sp³-hybridized carbons (Fsp3) is 0.857. The minimum Gasteiger partial charge on any atom is -0.354 e. The third kappa shape index (κ3) is 5.57. The first-order chi connectivity index (χ1) is 10.3. The van der Waals surface area contributed by atoms with Gasteiger partial charge in [0.25, 0.3) is 0 Å². The second-order valence-corrected chi connectivity index (χ2v) is 8.07. The number of hydrogen-bond acceptors (Lipinski definition) is 4. The summed E-state index contributed by atoms with van der Waals surface area (Å²) in [6.07, 6.45) is 1.09. The van der Waals surface area contributed by atoms with Gasteiger partial charge in [-0.25, -0.2) is 12.7 Å². The number of hydrogen-bond donors (Lipinski definition) is 2. The lowest BCUT2D eigenvalue weighted by molar-refractivity contribution is -0.127. The van der Waals surface area contributed by atoms with Crippen LogP contribution in [0.4, 0.5) is 0 Å². The lowest BCUT2D eigenvalue weighted by atomic mass is 9.97. The lowest BCUT2D eigenvalue weighted by Gasteiger charge is -2.30. The molecule has 0 bridgehead atoms. The van der Waals surface area contributed by atoms with Crippen LogP contribution in [-0.2, 0) is 19.6 Å². The minimum atomic E-state index is -3.15. The zero-order valence-corrected chi connectivity index (χ0v) is 14.4. The molecule has 22 heavy (non-hydrogen) atoms. The van der Waals surface area contributed by atoms with E-state index in [-0.39, 0.29) is 29.4 Å². The topological polar surface area (TPSA) is 95.6 Å². The van der Waals surface area contributed by atoms with Crippen LogP contribution in [0.1, 0.15) is 33.6 Å². The Morgan fingerprint density at radius 2 is 1.68 bits per heavy atom. The van der Waals surface area contributed by atoms with E-state index in [1.54, 1.807) is 6.92 Å². The van der Waals surface area contributed by atoms with Gasteiger partial charge in [0.1, 0.15) is 0 Å². The van der Waals surface area contributed by atoms with Crippen LogP contribution in [0.2, 0.25) is 0 Å². The van der Waals surface area contributed by atoms with Crippen LogP contribution in [0.5, 0.6) is 0 Å². The van der Waals surface area contributed by atoms with E-state index in [2.05, 4.69) is 10.6 Å². The SMILES string of the molecule is CCS(=O)(=O)N1CCC(C(=O)NCCNC(=O)C(C)C)CC1. The number of piperidine rings is 1. The highest BCUT2D eigenvalue weighted by molar-refractivity contribution is 7.89. The third-order valence-corrected chi connectivity index (χ3v) is 5.71. The maximum Gasteiger partial charge on any atom is 0.223 e. The summed E-state index contributed by atoms with van der Waals surface area (Å²) in [5, 5.41) is 5.53. The highest BCUT2D eigenvalue weighted by atomic mass is 32.2. The predicted molar refractivity (Wildman–Crippen MR) is 84.6 cm³/mol. The molecule has 0 radical (unpaired) electrons. The van der Waals surface area contributed by atoms with Crippen molar-refractivity contribution in [1.82, 2.24) is 14.9 Å². The van der Waals surface area contributed by atoms with E-state index in [1.807, 2.05) is 13.8 Å². The van der Waals surface area contributed by atoms with Gasteiger partial charge in [-0.2, -0.15) is 0 Å². The number of nitrogens with zero attached hydrogens (tertiary/aromatic N) is 1. The maximum absolute atomic E-state index is 12.0. The summed E-state index contributed by atoms with van der Waals surface area (Å²) >= 11 is 0. The smallest absolute Gasteiger partial charge is 0.223 e. The minimum absolute atomic E-state index is 0.0349. The molecule has 0 unspecified atom stereocenters. The van der Waals surface area contributed by atoms with Crippen LogP contribution in [0, 0.1) is 11.8 Å². The normalized spacial score (nSPS) is 17.5. The van der Waals surface area contributed by atoms with E-state index < -0.39 is 10.0 Å². The Kier molecular flexibility index (Phi) is 7.28. The first-order valence-electron chi connectivity index (χ1n) is 7.81. The summed E-state index contributed by atoms with van der Waals surface area (Å²) in [5.41, 5.74) is 0. The summed E-state index contributed by atoms with van der Waals surface area (Å²) < 4.78 is 24.9. The number of amides is 2. The van der Waals surface area contributed by atoms with Crippen molar-refractivity contribution in [3.05, 3.63) is 0 Å². The molecule has 2 N–H and O–H groups in total. The van der Waals surface area contributed by atoms with Crippen molar-refractivity contribution in [2.45, 2.75) is 33.6 Å². The second kappa shape index (κ2) is 8.47. The summed E-state index contributed by atoms with van der Waals surface area (Å²) in [7, 11) is -3.15. The number of carbonyl (C=O) groups excluding carboxylic acids is 2. The monoisotopic (exact) mass is 333 g/mol. The lowest BCUT2D eigenvalue weighted by Crippen LogP contribution is -2.44. The van der Waals surface area contributed by atoms with Gasteiger partial charge in [0.05, 0.1) is 5.75 Å². The van der Waals surface area contributed by atoms with Gasteiger partial charge in [0.15, 0.2) is 0 Å². The third-order valence-electron chi connectivity index (χ3n) is 3.83. The largest absolute Gasteiger partial charge is 0.354 e. The molecule has 0 aromatic carbocycles. The Balaban J connectivity index is 2.27. The summed E-state index contributed by atoms with van der Waals surface area (Å²) in [5.74, 6) is -0.219. The zero-order chi connectivity index (χ0) is 16.8. The van der Waals surface area contributed by atoms with E-state index in [0.717, 1.165) is 0 Å². The van der Waals surface area contributed by atoms with Crippen molar-refractivity contribution in [3.63, 3.8) is 0 Å². The van der Waals surface area contributed by atoms with E-state index in [4.69, 9.17) is 0 Å². The van der Waals surface area contributed by atoms with Crippen molar-refractivity contribution in [2.75, 3.05) is 31.9 Å². The highest BCUT2D eigenvalue weighted by Gasteiger charge is 2.29. The van der Waals surface area contributed by atoms with Gasteiger partial charge >= 0.3 is 0 Å². The number of rotatable bonds is 7. The molecule has 1 saturated heterocycles. The summed E-state index contributed by atoms with van der Waals surface area (Å²) in [6.45, 7) is 6.85. The fourth-order valence-electron chi connectivity index (χ4n) is 2.30. The molecule has 2 amide bonds. The van der Waals surface area contributed by atoms with Crippen molar-refractivity contribution < 1.29 is 18.0 Å². The van der Waals surface area contributed by atoms with Gasteiger partial charge in [-0.15, -0.1) is 0 Å². The molecule has 1 aliphatic heterocycles. The predicted octanol–water partition coefficient (Wildman–Crippen LogP) is -0.0635. The van der Waals surface area contributed by atoms with Gasteiger partial charge in [-0.05, 0) is 19.8 Å². The molecule has 0 aromatic heterocycles. The van der Waals surface area contributed by atoms with E-state index in [9.17, 15) is 18.0 Å². The maximum atomic E-state index is 12.0. The van der Waals surface area contributed by atoms with Gasteiger partial charge < -0.3 is 10.6 Å². The van der Waals surface area contributed by atoms with E-state index in [1.165, 1.54) is 4.31 Å². The molecule has 0 atom stereocenters. The van der Waals surface area contributed by atoms with Gasteiger partial charge in [-0.3, -0.25) is 9.59 Å². The highest BCUT2D eigenvalue weighted by Crippen LogP contribution is 2.19. The Morgan fingerprint density at radius 1 is 1.14 bits per heavy atom. The molecule has 1 rings (SSSR count). The van der Waals surface area contributed by atoms with Crippen LogP contribution in [0.15, 0.2) is 0 Å². The first kappa shape index (κ1) is 18.9. The van der Waals surface area contributed by atoms with Gasteiger partial charge in [-0.1, -0.05) is 13.8 Å². The van der Waals surface area contributed by atoms with Crippen LogP contribution in [0.25, 0.3) is 0 Å². The second-order valence-electron chi connectivity index (χ2n) is 5.81. The summed E-state index contributed by atoms with van der Waals surface area (Å²) in [6, 6.07) is 0. The van der Waals surface area contributed by atoms with Crippen molar-refractivity contribution in [3.8, 4) is 0 Å². The number of sulfonamides is 1. The number of carbonyl (C=O) groups is 2. The Labute approximate surface area is 132 Å². The van der Waals surface area contributed by atoms with E-state index in [0.29, 0.717) is 39.0 Å². The van der Waals surface area contributed by atoms with Crippen molar-refractivity contribution >= 4 is 21.8 Å². The molecule has 0 aliphatic carbocycles. The molecule has 128 valence electrons. The molecule has 8 heteroatoms. The zero-order valence-electron chi connectivity index (χ0n) is 13.6. The quantitative estimate of drug-likeness (QED) is 0.638. The van der Waals surface area contributed by atoms with Crippen LogP contribution in [-0.4, -0.2) is 56.5 Å². The van der Waals surface area contributed by atoms with Gasteiger partial charge in [0.2, 0.25) is 21.8 Å². The molecule has 0 aromatic rings. The Hall–Kier alpha value is -1.15. The molecular formula is C14H27N3O4S. The van der Waals surface area contributed by atoms with Crippen molar-refractivity contribution in [2.24, 2.45) is 11.8 Å². The molecule has 7 nitrogen and oxygen atoms in total. The fourth-order valence-corrected chi connectivity index (χ4v) is 3.43. The van der Waals surface area contributed by atoms with Crippen LogP contribution < -0.4 is 10.6 Å². The molecule has 0 saturated carbocycles. The Bertz CT molecular complexity index is 482. The van der Waals surface area contributed by atoms with Crippen molar-refractivity contribution in [1.29, 1.82) is 0 Å². The first-order valence-corrected chi connectivity index (χ1v) is 9.42. The summed E-state index contributed by atoms with van der Waals surface area (Å²) in [4.78, 5) is 23.4. The molecular weight excluding hydrogens is 306 g/mol. The Morgan fingerprint density at radius 3 is 2.18 bits per heavy atom. The van der Waals surface area contributed by atoms with Crippen LogP contribution in [0.3, 0.4) is 0 Å². The average Bonchev–Trinajstić information content (AvgIpc) is 2.51.